The topological polar surface area (TPSA) is 44.8 Å². The lowest BCUT2D eigenvalue weighted by molar-refractivity contribution is -0.145. The summed E-state index contributed by atoms with van der Waals surface area (Å²) < 4.78 is 5.10. The van der Waals surface area contributed by atoms with Crippen molar-refractivity contribution in [3.05, 3.63) is 0 Å². The second-order valence-electron chi connectivity index (χ2n) is 6.02. The van der Waals surface area contributed by atoms with Gasteiger partial charge in [-0.2, -0.15) is 0 Å². The van der Waals surface area contributed by atoms with Gasteiger partial charge in [0.15, 0.2) is 0 Å². The summed E-state index contributed by atoms with van der Waals surface area (Å²) in [6.45, 7) is 5.58. The molecule has 5 nitrogen and oxygen atoms in total. The highest BCUT2D eigenvalue weighted by atomic mass is 16.5. The average Bonchev–Trinajstić information content (AvgIpc) is 2.67. The fourth-order valence-electron chi connectivity index (χ4n) is 3.52. The van der Waals surface area contributed by atoms with Gasteiger partial charge in [-0.15, -0.1) is 0 Å². The summed E-state index contributed by atoms with van der Waals surface area (Å²) in [7, 11) is 4.10. The summed E-state index contributed by atoms with van der Waals surface area (Å²) in [6.07, 6.45) is 4.77. The van der Waals surface area contributed by atoms with E-state index in [2.05, 4.69) is 22.2 Å². The molecule has 2 saturated heterocycles. The van der Waals surface area contributed by atoms with Gasteiger partial charge >= 0.3 is 5.97 Å². The van der Waals surface area contributed by atoms with Crippen molar-refractivity contribution in [3.63, 3.8) is 0 Å². The number of hydrogen-bond acceptors (Lipinski definition) is 5. The van der Waals surface area contributed by atoms with Crippen LogP contribution in [0.25, 0.3) is 0 Å². The minimum atomic E-state index is -0.173. The monoisotopic (exact) mass is 283 g/mol. The van der Waals surface area contributed by atoms with Gasteiger partial charge in [-0.25, -0.2) is 0 Å². The zero-order valence-corrected chi connectivity index (χ0v) is 13.1. The molecule has 0 spiro atoms. The molecule has 2 fully saturated rings. The number of likely N-dealkylation sites (tertiary alicyclic amines) is 1. The smallest absolute Gasteiger partial charge is 0.323 e. The molecular formula is C15H29N3O2. The minimum Gasteiger partial charge on any atom is -0.465 e. The van der Waals surface area contributed by atoms with Crippen molar-refractivity contribution in [2.24, 2.45) is 0 Å². The van der Waals surface area contributed by atoms with E-state index in [1.165, 1.54) is 19.3 Å². The van der Waals surface area contributed by atoms with Gasteiger partial charge in [-0.3, -0.25) is 9.69 Å². The molecule has 2 rings (SSSR count). The first-order valence-corrected chi connectivity index (χ1v) is 7.93. The first kappa shape index (κ1) is 15.7. The number of likely N-dealkylation sites (N-methyl/N-ethyl adjacent to an activating group) is 2. The Bertz CT molecular complexity index is 324. The van der Waals surface area contributed by atoms with Gasteiger partial charge in [0.05, 0.1) is 6.61 Å². The van der Waals surface area contributed by atoms with Crippen molar-refractivity contribution >= 4 is 5.97 Å². The fourth-order valence-corrected chi connectivity index (χ4v) is 3.52. The Morgan fingerprint density at radius 1 is 1.35 bits per heavy atom. The van der Waals surface area contributed by atoms with E-state index in [1.807, 2.05) is 14.0 Å². The molecule has 2 aliphatic heterocycles. The third-order valence-corrected chi connectivity index (χ3v) is 4.89. The molecule has 20 heavy (non-hydrogen) atoms. The highest BCUT2D eigenvalue weighted by Crippen LogP contribution is 2.28. The van der Waals surface area contributed by atoms with Crippen LogP contribution in [0.15, 0.2) is 0 Å². The Morgan fingerprint density at radius 2 is 2.10 bits per heavy atom. The molecule has 3 atom stereocenters. The third kappa shape index (κ3) is 3.71. The second kappa shape index (κ2) is 7.38. The van der Waals surface area contributed by atoms with Gasteiger partial charge in [0.25, 0.3) is 0 Å². The van der Waals surface area contributed by atoms with Gasteiger partial charge in [0, 0.05) is 25.2 Å². The molecule has 0 radical (unpaired) electrons. The van der Waals surface area contributed by atoms with Crippen molar-refractivity contribution in [2.75, 3.05) is 40.3 Å². The molecule has 2 heterocycles. The van der Waals surface area contributed by atoms with Gasteiger partial charge in [0.1, 0.15) is 6.04 Å². The highest BCUT2D eigenvalue weighted by molar-refractivity contribution is 5.75. The van der Waals surface area contributed by atoms with Gasteiger partial charge in [-0.05, 0) is 53.2 Å². The number of fused-ring (bicyclic) bond motifs is 2. The zero-order valence-electron chi connectivity index (χ0n) is 13.1. The molecule has 2 aliphatic rings. The van der Waals surface area contributed by atoms with Crippen LogP contribution >= 0.6 is 0 Å². The van der Waals surface area contributed by atoms with Crippen molar-refractivity contribution < 1.29 is 9.53 Å². The number of carbonyl (C=O) groups excluding carboxylic acids is 1. The number of esters is 1. The summed E-state index contributed by atoms with van der Waals surface area (Å²) in [6, 6.07) is 1.31. The Hall–Kier alpha value is -0.650. The molecule has 0 aromatic carbocycles. The van der Waals surface area contributed by atoms with E-state index < -0.39 is 0 Å². The number of carbonyl (C=O) groups is 1. The quantitative estimate of drug-likeness (QED) is 0.727. The SMILES string of the molecule is CCOC(=O)C(CCN1CCC2CCC(C1)N2C)NC. The largest absolute Gasteiger partial charge is 0.465 e. The van der Waals surface area contributed by atoms with Crippen LogP contribution in [0.2, 0.25) is 0 Å². The first-order chi connectivity index (χ1) is 9.65. The van der Waals surface area contributed by atoms with Crippen LogP contribution in [-0.2, 0) is 9.53 Å². The molecule has 3 unspecified atom stereocenters. The molecule has 0 aliphatic carbocycles. The van der Waals surface area contributed by atoms with Crippen molar-refractivity contribution in [1.82, 2.24) is 15.1 Å². The van der Waals surface area contributed by atoms with Crippen LogP contribution in [0.4, 0.5) is 0 Å². The minimum absolute atomic E-state index is 0.122. The summed E-state index contributed by atoms with van der Waals surface area (Å²) in [5.41, 5.74) is 0. The molecule has 2 bridgehead atoms. The molecule has 5 heteroatoms. The van der Waals surface area contributed by atoms with E-state index in [-0.39, 0.29) is 12.0 Å². The normalized spacial score (nSPS) is 29.1. The van der Waals surface area contributed by atoms with Crippen LogP contribution < -0.4 is 5.32 Å². The summed E-state index contributed by atoms with van der Waals surface area (Å²) in [4.78, 5) is 16.9. The number of rotatable bonds is 6. The first-order valence-electron chi connectivity index (χ1n) is 7.93. The standard InChI is InChI=1S/C15H29N3O2/c1-4-20-15(19)14(16-2)8-10-18-9-7-12-5-6-13(11-18)17(12)3/h12-14,16H,4-11H2,1-3H3. The maximum absolute atomic E-state index is 11.8. The summed E-state index contributed by atoms with van der Waals surface area (Å²) in [5.74, 6) is -0.122. The van der Waals surface area contributed by atoms with Crippen molar-refractivity contribution in [1.29, 1.82) is 0 Å². The van der Waals surface area contributed by atoms with Crippen LogP contribution in [-0.4, -0.2) is 74.2 Å². The molecule has 116 valence electrons. The van der Waals surface area contributed by atoms with E-state index in [4.69, 9.17) is 4.74 Å². The van der Waals surface area contributed by atoms with E-state index in [1.54, 1.807) is 0 Å². The van der Waals surface area contributed by atoms with E-state index in [0.29, 0.717) is 12.6 Å². The lowest BCUT2D eigenvalue weighted by Crippen LogP contribution is -2.41. The van der Waals surface area contributed by atoms with E-state index in [9.17, 15) is 4.79 Å². The third-order valence-electron chi connectivity index (χ3n) is 4.89. The molecule has 1 N–H and O–H groups in total. The Labute approximate surface area is 122 Å². The number of nitrogens with zero attached hydrogens (tertiary/aromatic N) is 2. The highest BCUT2D eigenvalue weighted by Gasteiger charge is 2.34. The lowest BCUT2D eigenvalue weighted by atomic mass is 10.1. The molecule has 0 saturated carbocycles. The summed E-state index contributed by atoms with van der Waals surface area (Å²) in [5, 5.41) is 3.07. The predicted molar refractivity (Wildman–Crippen MR) is 79.7 cm³/mol. The van der Waals surface area contributed by atoms with Gasteiger partial charge in [0.2, 0.25) is 0 Å². The number of nitrogens with one attached hydrogen (secondary N) is 1. The average molecular weight is 283 g/mol. The Kier molecular flexibility index (Phi) is 5.81. The molecule has 0 aromatic rings. The van der Waals surface area contributed by atoms with Crippen molar-refractivity contribution in [3.8, 4) is 0 Å². The predicted octanol–water partition coefficient (Wildman–Crippen LogP) is 0.696. The van der Waals surface area contributed by atoms with Crippen LogP contribution in [0.3, 0.4) is 0 Å². The zero-order chi connectivity index (χ0) is 14.5. The number of hydrogen-bond donors (Lipinski definition) is 1. The fraction of sp³-hybridized carbons (Fsp3) is 0.933. The molecule has 0 amide bonds. The maximum atomic E-state index is 11.8. The second-order valence-corrected chi connectivity index (χ2v) is 6.02. The van der Waals surface area contributed by atoms with Gasteiger partial charge in [-0.1, -0.05) is 0 Å². The Morgan fingerprint density at radius 3 is 2.80 bits per heavy atom. The lowest BCUT2D eigenvalue weighted by Gasteiger charge is -2.26. The van der Waals surface area contributed by atoms with E-state index in [0.717, 1.165) is 32.1 Å². The molecular weight excluding hydrogens is 254 g/mol. The Balaban J connectivity index is 1.80. The summed E-state index contributed by atoms with van der Waals surface area (Å²) >= 11 is 0. The van der Waals surface area contributed by atoms with Crippen LogP contribution in [0.1, 0.15) is 32.6 Å². The van der Waals surface area contributed by atoms with Crippen LogP contribution in [0, 0.1) is 0 Å². The number of ether oxygens (including phenoxy) is 1. The maximum Gasteiger partial charge on any atom is 0.323 e. The van der Waals surface area contributed by atoms with Crippen molar-refractivity contribution in [2.45, 2.75) is 50.7 Å². The van der Waals surface area contributed by atoms with Gasteiger partial charge < -0.3 is 15.0 Å². The molecule has 0 aromatic heterocycles. The van der Waals surface area contributed by atoms with Crippen LogP contribution in [0.5, 0.6) is 0 Å². The van der Waals surface area contributed by atoms with E-state index >= 15 is 0 Å².